The average Bonchev–Trinajstić information content (AvgIpc) is 2.58. The Morgan fingerprint density at radius 3 is 1.70 bits per heavy atom. The molecule has 0 saturated carbocycles. The van der Waals surface area contributed by atoms with Gasteiger partial charge in [-0.05, 0) is 33.6 Å². The molecule has 0 aromatic heterocycles. The molecule has 154 valence electrons. The third-order valence-electron chi connectivity index (χ3n) is 3.00. The molecule has 0 aromatic rings. The summed E-state index contributed by atoms with van der Waals surface area (Å²) in [5.74, 6) is -2.33. The molecule has 0 spiro atoms. The molecular weight excluding hydrogens is 358 g/mol. The van der Waals surface area contributed by atoms with Gasteiger partial charge in [-0.25, -0.2) is 0 Å². The molecule has 0 aliphatic rings. The summed E-state index contributed by atoms with van der Waals surface area (Å²) in [5.41, 5.74) is -0.645. The molecule has 0 bridgehead atoms. The molecule has 0 fully saturated rings. The van der Waals surface area contributed by atoms with Crippen molar-refractivity contribution < 1.29 is 33.4 Å². The molecule has 10 heteroatoms. The maximum atomic E-state index is 11.6. The van der Waals surface area contributed by atoms with Crippen LogP contribution >= 0.6 is 0 Å². The number of ether oxygens (including phenoxy) is 2. The van der Waals surface area contributed by atoms with Gasteiger partial charge < -0.3 is 25.4 Å². The van der Waals surface area contributed by atoms with Gasteiger partial charge in [0.15, 0.2) is 0 Å². The number of carbonyl (C=O) groups is 5. The van der Waals surface area contributed by atoms with Gasteiger partial charge in [0.1, 0.15) is 12.1 Å². The van der Waals surface area contributed by atoms with E-state index in [0.29, 0.717) is 12.8 Å². The van der Waals surface area contributed by atoms with E-state index in [4.69, 9.17) is 4.74 Å². The van der Waals surface area contributed by atoms with Crippen molar-refractivity contribution in [1.82, 2.24) is 16.0 Å². The summed E-state index contributed by atoms with van der Waals surface area (Å²) in [7, 11) is 1.30. The zero-order valence-corrected chi connectivity index (χ0v) is 16.3. The lowest BCUT2D eigenvalue weighted by Gasteiger charge is -2.19. The Morgan fingerprint density at radius 2 is 1.19 bits per heavy atom. The van der Waals surface area contributed by atoms with Gasteiger partial charge in [0.05, 0.1) is 20.2 Å². The van der Waals surface area contributed by atoms with Crippen LogP contribution < -0.4 is 16.0 Å². The van der Waals surface area contributed by atoms with Crippen LogP contribution in [0.4, 0.5) is 0 Å². The zero-order chi connectivity index (χ0) is 20.9. The molecule has 3 N–H and O–H groups in total. The van der Waals surface area contributed by atoms with Crippen molar-refractivity contribution in [2.24, 2.45) is 0 Å². The largest absolute Gasteiger partial charge is 0.469 e. The summed E-state index contributed by atoms with van der Waals surface area (Å²) >= 11 is 0. The molecule has 0 aromatic carbocycles. The highest BCUT2D eigenvalue weighted by Gasteiger charge is 2.16. The van der Waals surface area contributed by atoms with E-state index in [1.54, 1.807) is 20.8 Å². The topological polar surface area (TPSA) is 140 Å². The van der Waals surface area contributed by atoms with Crippen LogP contribution in [0.2, 0.25) is 0 Å². The van der Waals surface area contributed by atoms with Crippen molar-refractivity contribution in [1.29, 1.82) is 0 Å². The van der Waals surface area contributed by atoms with Gasteiger partial charge in [-0.1, -0.05) is 0 Å². The maximum Gasteiger partial charge on any atom is 0.325 e. The van der Waals surface area contributed by atoms with Crippen LogP contribution in [0.15, 0.2) is 0 Å². The van der Waals surface area contributed by atoms with Crippen LogP contribution in [0.5, 0.6) is 0 Å². The minimum atomic E-state index is -0.645. The van der Waals surface area contributed by atoms with Crippen LogP contribution in [0, 0.1) is 0 Å². The van der Waals surface area contributed by atoms with Gasteiger partial charge in [-0.15, -0.1) is 0 Å². The molecule has 0 heterocycles. The molecular formula is C17H29N3O7. The van der Waals surface area contributed by atoms with Crippen molar-refractivity contribution in [2.75, 3.05) is 26.7 Å². The fraction of sp³-hybridized carbons (Fsp3) is 0.706. The van der Waals surface area contributed by atoms with Crippen LogP contribution in [0.3, 0.4) is 0 Å². The normalized spacial score (nSPS) is 10.5. The molecule has 3 amide bonds. The lowest BCUT2D eigenvalue weighted by molar-refractivity contribution is -0.154. The van der Waals surface area contributed by atoms with Crippen molar-refractivity contribution in [2.45, 2.75) is 52.1 Å². The van der Waals surface area contributed by atoms with E-state index in [2.05, 4.69) is 20.7 Å². The van der Waals surface area contributed by atoms with E-state index in [1.807, 2.05) is 0 Å². The van der Waals surface area contributed by atoms with Crippen molar-refractivity contribution in [3.8, 4) is 0 Å². The minimum absolute atomic E-state index is 0.181. The Morgan fingerprint density at radius 1 is 0.704 bits per heavy atom. The molecule has 0 atom stereocenters. The van der Waals surface area contributed by atoms with Gasteiger partial charge in [0.25, 0.3) is 0 Å². The maximum absolute atomic E-state index is 11.6. The van der Waals surface area contributed by atoms with Crippen LogP contribution in [-0.4, -0.2) is 62.0 Å². The van der Waals surface area contributed by atoms with Crippen molar-refractivity contribution >= 4 is 29.7 Å². The number of esters is 2. The Labute approximate surface area is 158 Å². The fourth-order valence-corrected chi connectivity index (χ4v) is 1.78. The third-order valence-corrected chi connectivity index (χ3v) is 3.00. The second-order valence-electron chi connectivity index (χ2n) is 6.70. The van der Waals surface area contributed by atoms with E-state index in [0.717, 1.165) is 0 Å². The quantitative estimate of drug-likeness (QED) is 0.318. The predicted octanol–water partition coefficient (Wildman–Crippen LogP) is -0.590. The Kier molecular flexibility index (Phi) is 11.4. The Hall–Kier alpha value is -2.65. The lowest BCUT2D eigenvalue weighted by atomic mass is 10.2. The number of rotatable bonds is 11. The lowest BCUT2D eigenvalue weighted by Crippen LogP contribution is -2.43. The summed E-state index contributed by atoms with van der Waals surface area (Å²) in [6.07, 6.45) is 1.43. The number of amides is 3. The predicted molar refractivity (Wildman–Crippen MR) is 95.4 cm³/mol. The van der Waals surface area contributed by atoms with E-state index in [9.17, 15) is 24.0 Å². The molecule has 10 nitrogen and oxygen atoms in total. The minimum Gasteiger partial charge on any atom is -0.469 e. The molecule has 0 rings (SSSR count). The van der Waals surface area contributed by atoms with Gasteiger partial charge in [-0.2, -0.15) is 0 Å². The highest BCUT2D eigenvalue weighted by Crippen LogP contribution is 2.06. The first-order valence-electron chi connectivity index (χ1n) is 8.62. The first-order chi connectivity index (χ1) is 12.5. The highest BCUT2D eigenvalue weighted by atomic mass is 16.6. The van der Waals surface area contributed by atoms with Crippen molar-refractivity contribution in [3.05, 3.63) is 0 Å². The van der Waals surface area contributed by atoms with Crippen LogP contribution in [0.25, 0.3) is 0 Å². The monoisotopic (exact) mass is 387 g/mol. The summed E-state index contributed by atoms with van der Waals surface area (Å²) in [6.45, 7) is 4.24. The standard InChI is InChI=1S/C17H29N3O7/c1-17(2,3)27-16(25)11-20-14(23)10-19-13(22)9-18-12(21)7-5-6-8-15(24)26-4/h5-11H2,1-4H3,(H,18,21)(H,19,22)(H,20,23). The zero-order valence-electron chi connectivity index (χ0n) is 16.3. The Balaban J connectivity index is 3.81. The summed E-state index contributed by atoms with van der Waals surface area (Å²) in [5, 5.41) is 7.05. The van der Waals surface area contributed by atoms with Gasteiger partial charge in [0.2, 0.25) is 17.7 Å². The first kappa shape index (κ1) is 24.4. The van der Waals surface area contributed by atoms with E-state index < -0.39 is 23.4 Å². The molecule has 0 aliphatic carbocycles. The SMILES string of the molecule is COC(=O)CCCCC(=O)NCC(=O)NCC(=O)NCC(=O)OC(C)(C)C. The molecule has 0 radical (unpaired) electrons. The van der Waals surface area contributed by atoms with Crippen molar-refractivity contribution in [3.63, 3.8) is 0 Å². The molecule has 0 aliphatic heterocycles. The summed E-state index contributed by atoms with van der Waals surface area (Å²) < 4.78 is 9.51. The van der Waals surface area contributed by atoms with Gasteiger partial charge in [-0.3, -0.25) is 24.0 Å². The van der Waals surface area contributed by atoms with E-state index in [1.165, 1.54) is 7.11 Å². The Bertz CT molecular complexity index is 541. The van der Waals surface area contributed by atoms with Crippen LogP contribution in [-0.2, 0) is 33.4 Å². The average molecular weight is 387 g/mol. The molecule has 27 heavy (non-hydrogen) atoms. The number of unbranched alkanes of at least 4 members (excludes halogenated alkanes) is 1. The second kappa shape index (κ2) is 12.7. The van der Waals surface area contributed by atoms with Crippen LogP contribution in [0.1, 0.15) is 46.5 Å². The second-order valence-corrected chi connectivity index (χ2v) is 6.70. The summed E-state index contributed by atoms with van der Waals surface area (Å²) in [4.78, 5) is 57.0. The molecule has 0 saturated heterocycles. The number of hydrogen-bond donors (Lipinski definition) is 3. The number of carbonyl (C=O) groups excluding carboxylic acids is 5. The number of nitrogens with one attached hydrogen (secondary N) is 3. The highest BCUT2D eigenvalue weighted by molar-refractivity contribution is 5.89. The van der Waals surface area contributed by atoms with Gasteiger partial charge in [0, 0.05) is 12.8 Å². The summed E-state index contributed by atoms with van der Waals surface area (Å²) in [6, 6.07) is 0. The van der Waals surface area contributed by atoms with Gasteiger partial charge >= 0.3 is 11.9 Å². The van der Waals surface area contributed by atoms with E-state index in [-0.39, 0.29) is 44.4 Å². The fourth-order valence-electron chi connectivity index (χ4n) is 1.78. The number of hydrogen-bond acceptors (Lipinski definition) is 7. The van der Waals surface area contributed by atoms with E-state index >= 15 is 0 Å². The first-order valence-corrected chi connectivity index (χ1v) is 8.62. The molecule has 0 unspecified atom stereocenters. The third kappa shape index (κ3) is 15.3. The number of methoxy groups -OCH3 is 1. The smallest absolute Gasteiger partial charge is 0.325 e.